The monoisotopic (exact) mass is 288 g/mol. The molecule has 106 valence electrons. The molecule has 3 heteroatoms. The molecule has 1 saturated heterocycles. The maximum Gasteiger partial charge on any atom is 0.0406 e. The molecular weight excluding hydrogens is 268 g/mol. The van der Waals surface area contributed by atoms with E-state index >= 15 is 0 Å². The Kier molecular flexibility index (Phi) is 4.25. The van der Waals surface area contributed by atoms with Crippen LogP contribution < -0.4 is 5.32 Å². The highest BCUT2D eigenvalue weighted by atomic mass is 35.5. The smallest absolute Gasteiger partial charge is 0.0406 e. The van der Waals surface area contributed by atoms with Crippen LogP contribution in [0.3, 0.4) is 0 Å². The van der Waals surface area contributed by atoms with Gasteiger partial charge in [-0.3, -0.25) is 4.90 Å². The van der Waals surface area contributed by atoms with Crippen LogP contribution in [0.15, 0.2) is 48.6 Å². The molecule has 1 N–H and O–H groups in total. The molecule has 1 aromatic carbocycles. The van der Waals surface area contributed by atoms with E-state index in [4.69, 9.17) is 11.6 Å². The van der Waals surface area contributed by atoms with Gasteiger partial charge in [0.2, 0.25) is 0 Å². The third-order valence-electron chi connectivity index (χ3n) is 4.28. The van der Waals surface area contributed by atoms with Gasteiger partial charge in [0.05, 0.1) is 0 Å². The zero-order valence-electron chi connectivity index (χ0n) is 11.7. The van der Waals surface area contributed by atoms with Crippen LogP contribution in [0.5, 0.6) is 0 Å². The van der Waals surface area contributed by atoms with Gasteiger partial charge in [0.15, 0.2) is 0 Å². The van der Waals surface area contributed by atoms with Crippen LogP contribution in [0, 0.1) is 0 Å². The van der Waals surface area contributed by atoms with E-state index in [0.29, 0.717) is 0 Å². The third kappa shape index (κ3) is 2.98. The third-order valence-corrected chi connectivity index (χ3v) is 4.53. The first-order chi connectivity index (χ1) is 9.78. The van der Waals surface area contributed by atoms with E-state index in [-0.39, 0.29) is 5.41 Å². The van der Waals surface area contributed by atoms with Crippen molar-refractivity contribution in [2.75, 3.05) is 32.7 Å². The Morgan fingerprint density at radius 3 is 2.50 bits per heavy atom. The summed E-state index contributed by atoms with van der Waals surface area (Å²) in [6, 6.07) is 8.35. The first-order valence-corrected chi connectivity index (χ1v) is 7.70. The van der Waals surface area contributed by atoms with Crippen molar-refractivity contribution in [3.8, 4) is 0 Å². The minimum Gasteiger partial charge on any atom is -0.314 e. The van der Waals surface area contributed by atoms with E-state index in [1.54, 1.807) is 0 Å². The molecule has 20 heavy (non-hydrogen) atoms. The van der Waals surface area contributed by atoms with Crippen molar-refractivity contribution in [1.29, 1.82) is 0 Å². The fraction of sp³-hybridized carbons (Fsp3) is 0.412. The summed E-state index contributed by atoms with van der Waals surface area (Å²) in [6.45, 7) is 5.53. The molecule has 0 saturated carbocycles. The summed E-state index contributed by atoms with van der Waals surface area (Å²) < 4.78 is 0. The average Bonchev–Trinajstić information content (AvgIpc) is 2.50. The van der Waals surface area contributed by atoms with Crippen LogP contribution in [0.4, 0.5) is 0 Å². The van der Waals surface area contributed by atoms with E-state index in [1.165, 1.54) is 5.56 Å². The molecule has 0 unspecified atom stereocenters. The predicted octanol–water partition coefficient (Wildman–Crippen LogP) is 3.00. The molecule has 2 nitrogen and oxygen atoms in total. The maximum absolute atomic E-state index is 6.04. The number of benzene rings is 1. The Bertz CT molecular complexity index is 500. The first-order valence-electron chi connectivity index (χ1n) is 7.32. The molecule has 1 aliphatic heterocycles. The Labute approximate surface area is 126 Å². The summed E-state index contributed by atoms with van der Waals surface area (Å²) in [4.78, 5) is 2.56. The summed E-state index contributed by atoms with van der Waals surface area (Å²) in [7, 11) is 0. The van der Waals surface area contributed by atoms with Gasteiger partial charge in [-0.05, 0) is 24.1 Å². The molecule has 0 amide bonds. The number of hydrogen-bond donors (Lipinski definition) is 1. The normalized spacial score (nSPS) is 26.9. The van der Waals surface area contributed by atoms with E-state index in [2.05, 4.69) is 46.7 Å². The van der Waals surface area contributed by atoms with Gasteiger partial charge >= 0.3 is 0 Å². The number of nitrogens with one attached hydrogen (secondary N) is 1. The number of allylic oxidation sites excluding steroid dienone is 3. The largest absolute Gasteiger partial charge is 0.314 e. The molecule has 0 aromatic heterocycles. The van der Waals surface area contributed by atoms with E-state index in [0.717, 1.165) is 44.2 Å². The van der Waals surface area contributed by atoms with Crippen LogP contribution in [0.25, 0.3) is 0 Å². The molecule has 1 heterocycles. The van der Waals surface area contributed by atoms with Crippen LogP contribution in [0.2, 0.25) is 5.02 Å². The fourth-order valence-corrected chi connectivity index (χ4v) is 3.26. The summed E-state index contributed by atoms with van der Waals surface area (Å²) in [5, 5.41) is 4.23. The van der Waals surface area contributed by atoms with Crippen LogP contribution in [-0.2, 0) is 5.41 Å². The topological polar surface area (TPSA) is 15.3 Å². The van der Waals surface area contributed by atoms with Crippen molar-refractivity contribution < 1.29 is 0 Å². The summed E-state index contributed by atoms with van der Waals surface area (Å²) in [5.41, 5.74) is 1.46. The number of nitrogens with zero attached hydrogens (tertiary/aromatic N) is 1. The molecule has 3 rings (SSSR count). The standard InChI is InChI=1S/C17H21ClN2/c18-16-6-4-15(5-7-16)17(8-2-1-3-9-17)14-20-12-10-19-11-13-20/h1-8,19H,9-14H2/t17-/m1/s1. The molecule has 1 atom stereocenters. The van der Waals surface area contributed by atoms with Gasteiger partial charge in [0, 0.05) is 43.2 Å². The van der Waals surface area contributed by atoms with Crippen LogP contribution in [-0.4, -0.2) is 37.6 Å². The molecule has 1 fully saturated rings. The Morgan fingerprint density at radius 1 is 1.10 bits per heavy atom. The number of rotatable bonds is 3. The highest BCUT2D eigenvalue weighted by Crippen LogP contribution is 2.34. The van der Waals surface area contributed by atoms with Crippen molar-refractivity contribution >= 4 is 11.6 Å². The number of halogens is 1. The van der Waals surface area contributed by atoms with Crippen LogP contribution in [0.1, 0.15) is 12.0 Å². The van der Waals surface area contributed by atoms with Crippen LogP contribution >= 0.6 is 11.6 Å². The SMILES string of the molecule is Clc1ccc([C@]2(CN3CCNCC3)C=CC=CC2)cc1. The predicted molar refractivity (Wildman–Crippen MR) is 85.3 cm³/mol. The quantitative estimate of drug-likeness (QED) is 0.920. The molecule has 0 radical (unpaired) electrons. The highest BCUT2D eigenvalue weighted by Gasteiger charge is 2.32. The Morgan fingerprint density at radius 2 is 1.85 bits per heavy atom. The zero-order valence-corrected chi connectivity index (χ0v) is 12.4. The van der Waals surface area contributed by atoms with Crippen molar-refractivity contribution in [3.05, 3.63) is 59.2 Å². The highest BCUT2D eigenvalue weighted by molar-refractivity contribution is 6.30. The second-order valence-corrected chi connectivity index (χ2v) is 6.12. The molecular formula is C17H21ClN2. The van der Waals surface area contributed by atoms with E-state index < -0.39 is 0 Å². The summed E-state index contributed by atoms with van der Waals surface area (Å²) in [5.74, 6) is 0. The van der Waals surface area contributed by atoms with Gasteiger partial charge < -0.3 is 5.32 Å². The number of hydrogen-bond acceptors (Lipinski definition) is 2. The van der Waals surface area contributed by atoms with Crippen molar-refractivity contribution in [2.45, 2.75) is 11.8 Å². The summed E-state index contributed by atoms with van der Waals surface area (Å²) >= 11 is 6.04. The van der Waals surface area contributed by atoms with Crippen molar-refractivity contribution in [3.63, 3.8) is 0 Å². The van der Waals surface area contributed by atoms with Crippen molar-refractivity contribution in [1.82, 2.24) is 10.2 Å². The molecule has 0 spiro atoms. The summed E-state index contributed by atoms with van der Waals surface area (Å²) in [6.07, 6.45) is 10.0. The minimum absolute atomic E-state index is 0.0939. The molecule has 1 aromatic rings. The lowest BCUT2D eigenvalue weighted by Crippen LogP contribution is -2.49. The lowest BCUT2D eigenvalue weighted by molar-refractivity contribution is 0.204. The number of piperazine rings is 1. The fourth-order valence-electron chi connectivity index (χ4n) is 3.14. The lowest BCUT2D eigenvalue weighted by Gasteiger charge is -2.39. The van der Waals surface area contributed by atoms with Crippen molar-refractivity contribution in [2.24, 2.45) is 0 Å². The Balaban J connectivity index is 1.86. The van der Waals surface area contributed by atoms with Gasteiger partial charge in [-0.15, -0.1) is 0 Å². The average molecular weight is 289 g/mol. The molecule has 0 bridgehead atoms. The first kappa shape index (κ1) is 13.9. The van der Waals surface area contributed by atoms with E-state index in [1.807, 2.05) is 12.1 Å². The second-order valence-electron chi connectivity index (χ2n) is 5.68. The maximum atomic E-state index is 6.04. The van der Waals surface area contributed by atoms with Gasteiger partial charge in [-0.2, -0.15) is 0 Å². The van der Waals surface area contributed by atoms with Gasteiger partial charge in [0.1, 0.15) is 0 Å². The van der Waals surface area contributed by atoms with E-state index in [9.17, 15) is 0 Å². The minimum atomic E-state index is 0.0939. The van der Waals surface area contributed by atoms with Gasteiger partial charge in [-0.25, -0.2) is 0 Å². The Hall–Kier alpha value is -1.09. The zero-order chi connectivity index (χ0) is 13.8. The molecule has 1 aliphatic carbocycles. The lowest BCUT2D eigenvalue weighted by atomic mass is 9.75. The second kappa shape index (κ2) is 6.13. The molecule has 2 aliphatic rings. The van der Waals surface area contributed by atoms with Gasteiger partial charge in [-0.1, -0.05) is 48.0 Å². The van der Waals surface area contributed by atoms with Gasteiger partial charge in [0.25, 0.3) is 0 Å².